The lowest BCUT2D eigenvalue weighted by molar-refractivity contribution is -0.248. The molecule has 1 unspecified atom stereocenters. The van der Waals surface area contributed by atoms with Crippen LogP contribution >= 0.6 is 0 Å². The number of hydrogen-bond acceptors (Lipinski definition) is 1. The second-order valence-electron chi connectivity index (χ2n) is 8.02. The van der Waals surface area contributed by atoms with E-state index in [1.807, 2.05) is 12.1 Å². The number of halogens is 7. The quantitative estimate of drug-likeness (QED) is 0.418. The van der Waals surface area contributed by atoms with Crippen molar-refractivity contribution in [2.45, 2.75) is 49.9 Å². The Morgan fingerprint density at radius 2 is 1.48 bits per heavy atom. The van der Waals surface area contributed by atoms with E-state index < -0.39 is 29.7 Å². The molecule has 1 atom stereocenters. The van der Waals surface area contributed by atoms with Crippen LogP contribution in [0.3, 0.4) is 0 Å². The molecule has 0 spiro atoms. The average Bonchev–Trinajstić information content (AvgIpc) is 2.73. The molecule has 0 bridgehead atoms. The zero-order valence-corrected chi connectivity index (χ0v) is 16.9. The summed E-state index contributed by atoms with van der Waals surface area (Å²) in [5.41, 5.74) is 0.243. The van der Waals surface area contributed by atoms with Crippen LogP contribution < -0.4 is 0 Å². The fourth-order valence-electron chi connectivity index (χ4n) is 4.15. The molecule has 2 aromatic carbocycles. The summed E-state index contributed by atoms with van der Waals surface area (Å²) in [6.45, 7) is 0.748. The summed E-state index contributed by atoms with van der Waals surface area (Å²) in [5, 5.41) is 0. The van der Waals surface area contributed by atoms with E-state index in [1.54, 1.807) is 19.2 Å². The first-order chi connectivity index (χ1) is 14.5. The molecular formula is C23H23F7O. The van der Waals surface area contributed by atoms with Gasteiger partial charge in [-0.1, -0.05) is 30.3 Å². The molecule has 1 saturated carbocycles. The standard InChI is InChI=1S/C23H23F7O/c1-31-13-14-2-4-15(5-3-14)16-6-8-17(9-7-16)18-10-11-19(20(24)12-18)22(26,27)21(25)23(28,29)30/h6-12,14-15,21H,2-5,13H2,1H3. The monoisotopic (exact) mass is 448 g/mol. The largest absolute Gasteiger partial charge is 0.426 e. The van der Waals surface area contributed by atoms with Crippen molar-refractivity contribution in [3.05, 3.63) is 59.4 Å². The fraction of sp³-hybridized carbons (Fsp3) is 0.478. The van der Waals surface area contributed by atoms with Gasteiger partial charge in [-0.2, -0.15) is 22.0 Å². The summed E-state index contributed by atoms with van der Waals surface area (Å²) >= 11 is 0. The Bertz CT molecular complexity index is 868. The highest BCUT2D eigenvalue weighted by molar-refractivity contribution is 5.64. The number of rotatable bonds is 6. The molecule has 0 aliphatic heterocycles. The predicted molar refractivity (Wildman–Crippen MR) is 103 cm³/mol. The molecule has 3 rings (SSSR count). The fourth-order valence-corrected chi connectivity index (χ4v) is 4.15. The van der Waals surface area contributed by atoms with Crippen LogP contribution in [0.15, 0.2) is 42.5 Å². The number of ether oxygens (including phenoxy) is 1. The van der Waals surface area contributed by atoms with Crippen molar-refractivity contribution in [1.82, 2.24) is 0 Å². The first kappa shape index (κ1) is 23.6. The lowest BCUT2D eigenvalue weighted by Crippen LogP contribution is -2.40. The summed E-state index contributed by atoms with van der Waals surface area (Å²) in [7, 11) is 1.69. The van der Waals surface area contributed by atoms with Gasteiger partial charge in [0.25, 0.3) is 6.17 Å². The highest BCUT2D eigenvalue weighted by Crippen LogP contribution is 2.43. The van der Waals surface area contributed by atoms with Gasteiger partial charge in [0.1, 0.15) is 5.82 Å². The Hall–Kier alpha value is -2.09. The first-order valence-electron chi connectivity index (χ1n) is 10.0. The Morgan fingerprint density at radius 3 is 2.00 bits per heavy atom. The van der Waals surface area contributed by atoms with E-state index >= 15 is 0 Å². The van der Waals surface area contributed by atoms with Crippen LogP contribution in [-0.4, -0.2) is 26.1 Å². The summed E-state index contributed by atoms with van der Waals surface area (Å²) in [6.07, 6.45) is -6.11. The van der Waals surface area contributed by atoms with Gasteiger partial charge >= 0.3 is 12.1 Å². The number of benzene rings is 2. The lowest BCUT2D eigenvalue weighted by atomic mass is 9.79. The molecule has 1 nitrogen and oxygen atoms in total. The van der Waals surface area contributed by atoms with E-state index in [2.05, 4.69) is 0 Å². The molecule has 0 heterocycles. The third-order valence-corrected chi connectivity index (χ3v) is 5.90. The zero-order valence-electron chi connectivity index (χ0n) is 16.9. The number of hydrogen-bond donors (Lipinski definition) is 0. The third kappa shape index (κ3) is 5.22. The van der Waals surface area contributed by atoms with Crippen LogP contribution in [0.4, 0.5) is 30.7 Å². The molecule has 8 heteroatoms. The van der Waals surface area contributed by atoms with Gasteiger partial charge in [-0.15, -0.1) is 0 Å². The molecular weight excluding hydrogens is 425 g/mol. The minimum atomic E-state index is -5.80. The SMILES string of the molecule is COCC1CCC(c2ccc(-c3ccc(C(F)(F)C(F)C(F)(F)F)c(F)c3)cc2)CC1. The van der Waals surface area contributed by atoms with Gasteiger partial charge in [0.15, 0.2) is 0 Å². The van der Waals surface area contributed by atoms with Crippen LogP contribution in [0.5, 0.6) is 0 Å². The van der Waals surface area contributed by atoms with Crippen molar-refractivity contribution in [3.8, 4) is 11.1 Å². The molecule has 1 aliphatic carbocycles. The summed E-state index contributed by atoms with van der Waals surface area (Å²) in [4.78, 5) is 0. The van der Waals surface area contributed by atoms with Gasteiger partial charge in [0.2, 0.25) is 0 Å². The number of methoxy groups -OCH3 is 1. The molecule has 1 fully saturated rings. The molecule has 0 amide bonds. The van der Waals surface area contributed by atoms with E-state index in [0.717, 1.165) is 43.9 Å². The first-order valence-corrected chi connectivity index (χ1v) is 10.0. The number of alkyl halides is 6. The van der Waals surface area contributed by atoms with Crippen LogP contribution in [0.25, 0.3) is 11.1 Å². The van der Waals surface area contributed by atoms with Crippen molar-refractivity contribution in [2.75, 3.05) is 13.7 Å². The van der Waals surface area contributed by atoms with E-state index in [4.69, 9.17) is 4.74 Å². The second kappa shape index (κ2) is 9.18. The van der Waals surface area contributed by atoms with Crippen LogP contribution in [0.1, 0.15) is 42.7 Å². The molecule has 0 saturated heterocycles. The van der Waals surface area contributed by atoms with Crippen molar-refractivity contribution in [2.24, 2.45) is 5.92 Å². The van der Waals surface area contributed by atoms with E-state index in [1.165, 1.54) is 0 Å². The van der Waals surface area contributed by atoms with Gasteiger partial charge in [-0.05, 0) is 66.3 Å². The molecule has 1 aliphatic rings. The molecule has 170 valence electrons. The maximum atomic E-state index is 14.2. The van der Waals surface area contributed by atoms with Gasteiger partial charge in [-0.3, -0.25) is 0 Å². The van der Waals surface area contributed by atoms with E-state index in [9.17, 15) is 30.7 Å². The highest BCUT2D eigenvalue weighted by atomic mass is 19.4. The normalized spacial score (nSPS) is 21.2. The zero-order chi connectivity index (χ0) is 22.8. The van der Waals surface area contributed by atoms with Crippen LogP contribution in [-0.2, 0) is 10.7 Å². The summed E-state index contributed by atoms with van der Waals surface area (Å²) in [5.74, 6) is -5.66. The van der Waals surface area contributed by atoms with Gasteiger partial charge in [-0.25, -0.2) is 8.78 Å². The minimum Gasteiger partial charge on any atom is -0.384 e. The topological polar surface area (TPSA) is 9.23 Å². The van der Waals surface area contributed by atoms with Gasteiger partial charge in [0.05, 0.1) is 5.56 Å². The van der Waals surface area contributed by atoms with Gasteiger partial charge < -0.3 is 4.74 Å². The predicted octanol–water partition coefficient (Wildman–Crippen LogP) is 7.41. The second-order valence-corrected chi connectivity index (χ2v) is 8.02. The Labute approximate surface area is 176 Å². The highest BCUT2D eigenvalue weighted by Gasteiger charge is 2.58. The lowest BCUT2D eigenvalue weighted by Gasteiger charge is -2.28. The van der Waals surface area contributed by atoms with E-state index in [0.29, 0.717) is 29.5 Å². The van der Waals surface area contributed by atoms with Crippen molar-refractivity contribution in [1.29, 1.82) is 0 Å². The Morgan fingerprint density at radius 1 is 0.903 bits per heavy atom. The summed E-state index contributed by atoms with van der Waals surface area (Å²) < 4.78 is 97.4. The molecule has 0 radical (unpaired) electrons. The molecule has 2 aromatic rings. The van der Waals surface area contributed by atoms with Crippen molar-refractivity contribution in [3.63, 3.8) is 0 Å². The summed E-state index contributed by atoms with van der Waals surface area (Å²) in [6, 6.07) is 9.50. The minimum absolute atomic E-state index is 0.217. The van der Waals surface area contributed by atoms with Crippen molar-refractivity contribution >= 4 is 0 Å². The van der Waals surface area contributed by atoms with Crippen molar-refractivity contribution < 1.29 is 35.5 Å². The van der Waals surface area contributed by atoms with Crippen LogP contribution in [0.2, 0.25) is 0 Å². The molecule has 31 heavy (non-hydrogen) atoms. The Balaban J connectivity index is 1.75. The maximum absolute atomic E-state index is 14.2. The molecule has 0 aromatic heterocycles. The van der Waals surface area contributed by atoms with E-state index in [-0.39, 0.29) is 5.56 Å². The maximum Gasteiger partial charge on any atom is 0.426 e. The smallest absolute Gasteiger partial charge is 0.384 e. The average molecular weight is 448 g/mol. The third-order valence-electron chi connectivity index (χ3n) is 5.90. The van der Waals surface area contributed by atoms with Crippen LogP contribution in [0, 0.1) is 11.7 Å². The van der Waals surface area contributed by atoms with Gasteiger partial charge in [0, 0.05) is 13.7 Å². The Kier molecular flexibility index (Phi) is 6.98. The molecule has 0 N–H and O–H groups in total.